The first kappa shape index (κ1) is 12.9. The lowest BCUT2D eigenvalue weighted by atomic mass is 9.91. The molecular weight excluding hydrogens is 225 g/mol. The zero-order valence-corrected chi connectivity index (χ0v) is 9.13. The Morgan fingerprint density at radius 3 is 2.60 bits per heavy atom. The van der Waals surface area contributed by atoms with Crippen LogP contribution in [0.2, 0.25) is 0 Å². The normalized spacial score (nSPS) is 28.1. The summed E-state index contributed by atoms with van der Waals surface area (Å²) in [6, 6.07) is 0.0142. The van der Waals surface area contributed by atoms with Gasteiger partial charge in [-0.2, -0.15) is 13.2 Å². The number of nitrogens with one attached hydrogen (secondary N) is 1. The fourth-order valence-electron chi connectivity index (χ4n) is 1.63. The lowest BCUT2D eigenvalue weighted by Gasteiger charge is -2.28. The van der Waals surface area contributed by atoms with Gasteiger partial charge in [0.1, 0.15) is 0 Å². The number of hydrogen-bond donors (Lipinski definition) is 2. The standard InChI is InChI=1S/C9H15F3N2S/c10-9(11,12)3-4-14-6-1-2-7(13)8(15)5-6/h6-7,14H,1-5,13H2. The minimum atomic E-state index is -4.08. The number of nitrogens with two attached hydrogens (primary N) is 1. The zero-order valence-electron chi connectivity index (χ0n) is 8.31. The Hall–Kier alpha value is -0.200. The fourth-order valence-corrected chi connectivity index (χ4v) is 1.95. The molecule has 88 valence electrons. The van der Waals surface area contributed by atoms with E-state index in [1.54, 1.807) is 0 Å². The van der Waals surface area contributed by atoms with E-state index in [2.05, 4.69) is 5.32 Å². The van der Waals surface area contributed by atoms with Gasteiger partial charge in [-0.3, -0.25) is 0 Å². The van der Waals surface area contributed by atoms with E-state index in [9.17, 15) is 13.2 Å². The second-order valence-corrected chi connectivity index (χ2v) is 4.39. The Kier molecular flexibility index (Phi) is 4.48. The van der Waals surface area contributed by atoms with Gasteiger partial charge in [0, 0.05) is 23.5 Å². The van der Waals surface area contributed by atoms with Gasteiger partial charge in [0.25, 0.3) is 0 Å². The van der Waals surface area contributed by atoms with Crippen molar-refractivity contribution >= 4 is 17.1 Å². The number of hydrogen-bond acceptors (Lipinski definition) is 3. The molecule has 15 heavy (non-hydrogen) atoms. The maximum atomic E-state index is 11.9. The molecule has 2 unspecified atom stereocenters. The first-order valence-corrected chi connectivity index (χ1v) is 5.38. The van der Waals surface area contributed by atoms with Crippen molar-refractivity contribution < 1.29 is 13.2 Å². The van der Waals surface area contributed by atoms with Crippen LogP contribution in [0.1, 0.15) is 25.7 Å². The van der Waals surface area contributed by atoms with Gasteiger partial charge in [0.15, 0.2) is 0 Å². The molecule has 0 bridgehead atoms. The van der Waals surface area contributed by atoms with Crippen molar-refractivity contribution in [3.63, 3.8) is 0 Å². The molecule has 1 rings (SSSR count). The first-order valence-electron chi connectivity index (χ1n) is 4.97. The Morgan fingerprint density at radius 2 is 2.07 bits per heavy atom. The SMILES string of the molecule is NC1CCC(NCCC(F)(F)F)CC1=S. The summed E-state index contributed by atoms with van der Waals surface area (Å²) in [4.78, 5) is 0.769. The highest BCUT2D eigenvalue weighted by Crippen LogP contribution is 2.20. The van der Waals surface area contributed by atoms with Gasteiger partial charge in [-0.1, -0.05) is 12.2 Å². The van der Waals surface area contributed by atoms with Crippen LogP contribution >= 0.6 is 12.2 Å². The van der Waals surface area contributed by atoms with E-state index in [-0.39, 0.29) is 18.6 Å². The highest BCUT2D eigenvalue weighted by atomic mass is 32.1. The Labute approximate surface area is 92.4 Å². The first-order chi connectivity index (χ1) is 6.88. The molecule has 0 aromatic carbocycles. The summed E-state index contributed by atoms with van der Waals surface area (Å²) in [5, 5.41) is 2.87. The van der Waals surface area contributed by atoms with Gasteiger partial charge < -0.3 is 11.1 Å². The van der Waals surface area contributed by atoms with Crippen LogP contribution in [0.4, 0.5) is 13.2 Å². The van der Waals surface area contributed by atoms with Crippen LogP contribution in [0.3, 0.4) is 0 Å². The molecule has 1 aliphatic rings. The monoisotopic (exact) mass is 240 g/mol. The number of alkyl halides is 3. The van der Waals surface area contributed by atoms with Gasteiger partial charge in [0.05, 0.1) is 6.42 Å². The molecule has 2 atom stereocenters. The van der Waals surface area contributed by atoms with Crippen molar-refractivity contribution in [2.45, 2.75) is 43.9 Å². The van der Waals surface area contributed by atoms with Crippen molar-refractivity contribution in [3.8, 4) is 0 Å². The van der Waals surface area contributed by atoms with Crippen LogP contribution in [-0.2, 0) is 0 Å². The predicted molar refractivity (Wildman–Crippen MR) is 56.9 cm³/mol. The summed E-state index contributed by atoms with van der Waals surface area (Å²) in [6.07, 6.45) is -2.68. The third-order valence-electron chi connectivity index (χ3n) is 2.53. The summed E-state index contributed by atoms with van der Waals surface area (Å²) >= 11 is 5.04. The fraction of sp³-hybridized carbons (Fsp3) is 0.889. The lowest BCUT2D eigenvalue weighted by Crippen LogP contribution is -2.43. The van der Waals surface area contributed by atoms with Crippen molar-refractivity contribution in [2.24, 2.45) is 5.73 Å². The van der Waals surface area contributed by atoms with E-state index in [4.69, 9.17) is 18.0 Å². The molecule has 0 aromatic rings. The van der Waals surface area contributed by atoms with Crippen molar-refractivity contribution in [2.75, 3.05) is 6.54 Å². The molecule has 0 heterocycles. The average molecular weight is 240 g/mol. The van der Waals surface area contributed by atoms with Crippen LogP contribution in [-0.4, -0.2) is 29.7 Å². The minimum absolute atomic E-state index is 0.0357. The summed E-state index contributed by atoms with van der Waals surface area (Å²) in [7, 11) is 0. The van der Waals surface area contributed by atoms with E-state index in [0.29, 0.717) is 6.42 Å². The van der Waals surface area contributed by atoms with E-state index in [1.165, 1.54) is 0 Å². The van der Waals surface area contributed by atoms with Gasteiger partial charge in [-0.05, 0) is 19.3 Å². The molecule has 1 aliphatic carbocycles. The van der Waals surface area contributed by atoms with Gasteiger partial charge in [-0.25, -0.2) is 0 Å². The number of halogens is 3. The largest absolute Gasteiger partial charge is 0.390 e. The Bertz CT molecular complexity index is 230. The molecule has 2 nitrogen and oxygen atoms in total. The zero-order chi connectivity index (χ0) is 11.5. The number of thiocarbonyl (C=S) groups is 1. The molecule has 1 saturated carbocycles. The average Bonchev–Trinajstić information content (AvgIpc) is 2.09. The maximum absolute atomic E-state index is 11.9. The van der Waals surface area contributed by atoms with Crippen molar-refractivity contribution in [3.05, 3.63) is 0 Å². The highest BCUT2D eigenvalue weighted by molar-refractivity contribution is 7.80. The van der Waals surface area contributed by atoms with Gasteiger partial charge in [0.2, 0.25) is 0 Å². The topological polar surface area (TPSA) is 38.0 Å². The molecule has 0 amide bonds. The van der Waals surface area contributed by atoms with Crippen molar-refractivity contribution in [1.29, 1.82) is 0 Å². The lowest BCUT2D eigenvalue weighted by molar-refractivity contribution is -0.133. The molecule has 1 fully saturated rings. The quantitative estimate of drug-likeness (QED) is 0.738. The molecule has 0 radical (unpaired) electrons. The Balaban J connectivity index is 2.20. The van der Waals surface area contributed by atoms with Crippen LogP contribution in [0.25, 0.3) is 0 Å². The Morgan fingerprint density at radius 1 is 1.40 bits per heavy atom. The molecule has 0 spiro atoms. The van der Waals surface area contributed by atoms with E-state index in [1.807, 2.05) is 0 Å². The molecule has 0 aliphatic heterocycles. The van der Waals surface area contributed by atoms with Gasteiger partial charge >= 0.3 is 6.18 Å². The second kappa shape index (κ2) is 5.23. The third-order valence-corrected chi connectivity index (χ3v) is 3.00. The van der Waals surface area contributed by atoms with Crippen LogP contribution < -0.4 is 11.1 Å². The molecule has 0 aromatic heterocycles. The van der Waals surface area contributed by atoms with Crippen LogP contribution in [0, 0.1) is 0 Å². The summed E-state index contributed by atoms with van der Waals surface area (Å²) < 4.78 is 35.6. The molecule has 0 saturated heterocycles. The maximum Gasteiger partial charge on any atom is 0.390 e. The minimum Gasteiger partial charge on any atom is -0.324 e. The smallest absolute Gasteiger partial charge is 0.324 e. The van der Waals surface area contributed by atoms with Crippen molar-refractivity contribution in [1.82, 2.24) is 5.32 Å². The summed E-state index contributed by atoms with van der Waals surface area (Å²) in [5.74, 6) is 0. The summed E-state index contributed by atoms with van der Waals surface area (Å²) in [6.45, 7) is -0.0357. The highest BCUT2D eigenvalue weighted by Gasteiger charge is 2.28. The predicted octanol–water partition coefficient (Wildman–Crippen LogP) is 1.78. The number of rotatable bonds is 3. The second-order valence-electron chi connectivity index (χ2n) is 3.87. The third kappa shape index (κ3) is 4.90. The molecule has 3 N–H and O–H groups in total. The summed E-state index contributed by atoms with van der Waals surface area (Å²) in [5.41, 5.74) is 5.69. The van der Waals surface area contributed by atoms with Crippen LogP contribution in [0.15, 0.2) is 0 Å². The van der Waals surface area contributed by atoms with E-state index in [0.717, 1.165) is 17.7 Å². The molecule has 6 heteroatoms. The van der Waals surface area contributed by atoms with E-state index < -0.39 is 12.6 Å². The van der Waals surface area contributed by atoms with Gasteiger partial charge in [-0.15, -0.1) is 0 Å². The van der Waals surface area contributed by atoms with Crippen LogP contribution in [0.5, 0.6) is 0 Å². The van der Waals surface area contributed by atoms with E-state index >= 15 is 0 Å². The molecular formula is C9H15F3N2S.